The molecular formula is C16H22O6. The number of methoxy groups -OCH3 is 1. The van der Waals surface area contributed by atoms with E-state index < -0.39 is 17.5 Å². The Kier molecular flexibility index (Phi) is 6.37. The zero-order valence-electron chi connectivity index (χ0n) is 13.3. The molecule has 0 radical (unpaired) electrons. The number of benzene rings is 1. The number of hydrogen-bond donors (Lipinski definition) is 1. The zero-order chi connectivity index (χ0) is 16.8. The summed E-state index contributed by atoms with van der Waals surface area (Å²) >= 11 is 0. The molecule has 6 nitrogen and oxygen atoms in total. The maximum Gasteiger partial charge on any atom is 0.338 e. The van der Waals surface area contributed by atoms with Gasteiger partial charge in [-0.1, -0.05) is 0 Å². The average molecular weight is 310 g/mol. The molecule has 0 spiro atoms. The lowest BCUT2D eigenvalue weighted by atomic mass is 10.1. The molecule has 0 bridgehead atoms. The fourth-order valence-electron chi connectivity index (χ4n) is 1.65. The number of phenols is 1. The molecular weight excluding hydrogens is 288 g/mol. The Hall–Kier alpha value is -2.08. The third-order valence-corrected chi connectivity index (χ3v) is 2.68. The van der Waals surface area contributed by atoms with Crippen molar-refractivity contribution in [2.45, 2.75) is 32.8 Å². The first-order valence-corrected chi connectivity index (χ1v) is 6.92. The van der Waals surface area contributed by atoms with Crippen molar-refractivity contribution in [2.75, 3.05) is 20.3 Å². The van der Waals surface area contributed by atoms with Crippen molar-refractivity contribution in [1.29, 1.82) is 0 Å². The zero-order valence-corrected chi connectivity index (χ0v) is 13.3. The van der Waals surface area contributed by atoms with Crippen LogP contribution >= 0.6 is 0 Å². The average Bonchev–Trinajstić information content (AvgIpc) is 2.43. The van der Waals surface area contributed by atoms with Gasteiger partial charge in [0.25, 0.3) is 0 Å². The number of carbonyl (C=O) groups is 2. The maximum absolute atomic E-state index is 12.0. The van der Waals surface area contributed by atoms with Crippen LogP contribution < -0.4 is 0 Å². The Morgan fingerprint density at radius 2 is 1.91 bits per heavy atom. The van der Waals surface area contributed by atoms with Crippen molar-refractivity contribution in [2.24, 2.45) is 0 Å². The van der Waals surface area contributed by atoms with Crippen molar-refractivity contribution in [3.05, 3.63) is 29.3 Å². The molecule has 0 aliphatic heterocycles. The molecule has 0 heterocycles. The van der Waals surface area contributed by atoms with Crippen molar-refractivity contribution in [3.8, 4) is 5.75 Å². The Morgan fingerprint density at radius 3 is 2.50 bits per heavy atom. The molecule has 0 saturated heterocycles. The molecule has 1 N–H and O–H groups in total. The van der Waals surface area contributed by atoms with Crippen LogP contribution in [0.3, 0.4) is 0 Å². The highest BCUT2D eigenvalue weighted by molar-refractivity contribution is 5.90. The second kappa shape index (κ2) is 7.79. The summed E-state index contributed by atoms with van der Waals surface area (Å²) < 4.78 is 14.9. The van der Waals surface area contributed by atoms with Crippen LogP contribution in [0.15, 0.2) is 18.2 Å². The van der Waals surface area contributed by atoms with Crippen LogP contribution in [-0.2, 0) is 25.4 Å². The monoisotopic (exact) mass is 310 g/mol. The van der Waals surface area contributed by atoms with Crippen molar-refractivity contribution < 1.29 is 28.9 Å². The van der Waals surface area contributed by atoms with Crippen LogP contribution in [0, 0.1) is 0 Å². The standard InChI is InChI=1S/C16H22O6/c1-16(2,3)22-15(19)12-5-6-13(17)11(9-12)7-8-21-10-14(18)20-4/h5-6,9,17H,7-8,10H2,1-4H3. The summed E-state index contributed by atoms with van der Waals surface area (Å²) in [6.07, 6.45) is 0.361. The van der Waals surface area contributed by atoms with Gasteiger partial charge in [-0.2, -0.15) is 0 Å². The summed E-state index contributed by atoms with van der Waals surface area (Å²) in [7, 11) is 1.28. The highest BCUT2D eigenvalue weighted by Crippen LogP contribution is 2.21. The van der Waals surface area contributed by atoms with Gasteiger partial charge in [-0.15, -0.1) is 0 Å². The molecule has 0 aliphatic carbocycles. The Balaban J connectivity index is 2.66. The van der Waals surface area contributed by atoms with Gasteiger partial charge in [0.1, 0.15) is 18.0 Å². The molecule has 0 amide bonds. The van der Waals surface area contributed by atoms with E-state index in [1.165, 1.54) is 19.2 Å². The minimum absolute atomic E-state index is 0.0639. The third-order valence-electron chi connectivity index (χ3n) is 2.68. The SMILES string of the molecule is COC(=O)COCCc1cc(C(=O)OC(C)(C)C)ccc1O. The Bertz CT molecular complexity index is 530. The summed E-state index contributed by atoms with van der Waals surface area (Å²) in [6.45, 7) is 5.43. The van der Waals surface area contributed by atoms with E-state index in [4.69, 9.17) is 9.47 Å². The van der Waals surface area contributed by atoms with E-state index in [-0.39, 0.29) is 19.0 Å². The van der Waals surface area contributed by atoms with Crippen molar-refractivity contribution in [1.82, 2.24) is 0 Å². The quantitative estimate of drug-likeness (QED) is 0.640. The van der Waals surface area contributed by atoms with Gasteiger partial charge in [-0.05, 0) is 51.0 Å². The molecule has 1 aromatic rings. The molecule has 0 unspecified atom stereocenters. The largest absolute Gasteiger partial charge is 0.508 e. The number of hydrogen-bond acceptors (Lipinski definition) is 6. The fourth-order valence-corrected chi connectivity index (χ4v) is 1.65. The first kappa shape index (κ1) is 18.0. The predicted octanol–water partition coefficient (Wildman–Crippen LogP) is 2.08. The van der Waals surface area contributed by atoms with Crippen LogP contribution in [0.5, 0.6) is 5.75 Å². The van der Waals surface area contributed by atoms with E-state index in [1.54, 1.807) is 26.8 Å². The smallest absolute Gasteiger partial charge is 0.338 e. The maximum atomic E-state index is 12.0. The molecule has 0 fully saturated rings. The van der Waals surface area contributed by atoms with Crippen LogP contribution in [0.1, 0.15) is 36.7 Å². The second-order valence-corrected chi connectivity index (χ2v) is 5.72. The van der Waals surface area contributed by atoms with Gasteiger partial charge in [0, 0.05) is 0 Å². The predicted molar refractivity (Wildman–Crippen MR) is 79.8 cm³/mol. The van der Waals surface area contributed by atoms with Gasteiger partial charge >= 0.3 is 11.9 Å². The van der Waals surface area contributed by atoms with E-state index in [0.29, 0.717) is 17.5 Å². The Labute approximate surface area is 130 Å². The number of aromatic hydroxyl groups is 1. The van der Waals surface area contributed by atoms with E-state index >= 15 is 0 Å². The Morgan fingerprint density at radius 1 is 1.23 bits per heavy atom. The molecule has 0 aliphatic rings. The van der Waals surface area contributed by atoms with Gasteiger partial charge in [-0.3, -0.25) is 0 Å². The number of ether oxygens (including phenoxy) is 3. The highest BCUT2D eigenvalue weighted by atomic mass is 16.6. The lowest BCUT2D eigenvalue weighted by Crippen LogP contribution is -2.24. The van der Waals surface area contributed by atoms with Gasteiger partial charge in [0.05, 0.1) is 19.3 Å². The lowest BCUT2D eigenvalue weighted by Gasteiger charge is -2.19. The van der Waals surface area contributed by atoms with Crippen LogP contribution in [0.4, 0.5) is 0 Å². The summed E-state index contributed by atoms with van der Waals surface area (Å²) in [5, 5.41) is 9.80. The van der Waals surface area contributed by atoms with Crippen LogP contribution in [0.25, 0.3) is 0 Å². The molecule has 22 heavy (non-hydrogen) atoms. The summed E-state index contributed by atoms with van der Waals surface area (Å²) in [5.41, 5.74) is 0.322. The molecule has 6 heteroatoms. The highest BCUT2D eigenvalue weighted by Gasteiger charge is 2.18. The minimum atomic E-state index is -0.585. The fraction of sp³-hybridized carbons (Fsp3) is 0.500. The summed E-state index contributed by atoms with van der Waals surface area (Å²) in [5.74, 6) is -0.857. The van der Waals surface area contributed by atoms with Crippen molar-refractivity contribution in [3.63, 3.8) is 0 Å². The van der Waals surface area contributed by atoms with Crippen LogP contribution in [-0.4, -0.2) is 43.0 Å². The molecule has 1 aromatic carbocycles. The first-order valence-electron chi connectivity index (χ1n) is 6.92. The number of rotatable bonds is 6. The van der Waals surface area contributed by atoms with E-state index in [2.05, 4.69) is 4.74 Å². The normalized spacial score (nSPS) is 11.1. The number of esters is 2. The molecule has 122 valence electrons. The van der Waals surface area contributed by atoms with E-state index in [0.717, 1.165) is 0 Å². The molecule has 0 saturated carbocycles. The summed E-state index contributed by atoms with van der Waals surface area (Å²) in [6, 6.07) is 4.50. The topological polar surface area (TPSA) is 82.1 Å². The number of carbonyl (C=O) groups excluding carboxylic acids is 2. The summed E-state index contributed by atoms with van der Waals surface area (Å²) in [4.78, 5) is 22.9. The molecule has 1 rings (SSSR count). The lowest BCUT2D eigenvalue weighted by molar-refractivity contribution is -0.145. The van der Waals surface area contributed by atoms with Crippen LogP contribution in [0.2, 0.25) is 0 Å². The van der Waals surface area contributed by atoms with Crippen molar-refractivity contribution >= 4 is 11.9 Å². The van der Waals surface area contributed by atoms with Gasteiger partial charge < -0.3 is 19.3 Å². The number of phenolic OH excluding ortho intramolecular Hbond substituents is 1. The van der Waals surface area contributed by atoms with E-state index in [9.17, 15) is 14.7 Å². The van der Waals surface area contributed by atoms with Gasteiger partial charge in [0.2, 0.25) is 0 Å². The van der Waals surface area contributed by atoms with E-state index in [1.807, 2.05) is 0 Å². The first-order chi connectivity index (χ1) is 10.2. The molecule has 0 atom stereocenters. The van der Waals surface area contributed by atoms with Gasteiger partial charge in [-0.25, -0.2) is 9.59 Å². The third kappa shape index (κ3) is 6.13. The molecule has 0 aromatic heterocycles. The second-order valence-electron chi connectivity index (χ2n) is 5.72. The minimum Gasteiger partial charge on any atom is -0.508 e. The van der Waals surface area contributed by atoms with Gasteiger partial charge in [0.15, 0.2) is 0 Å².